The summed E-state index contributed by atoms with van der Waals surface area (Å²) in [4.78, 5) is 22.7. The highest BCUT2D eigenvalue weighted by Crippen LogP contribution is 2.24. The number of Topliss-reactive ketones (excluding diaryl/α,β-unsaturated/α-hetero) is 1. The molecule has 0 aromatic carbocycles. The minimum absolute atomic E-state index is 0.179. The summed E-state index contributed by atoms with van der Waals surface area (Å²) in [6, 6.07) is 0. The molecule has 6 heteroatoms. The smallest absolute Gasteiger partial charge is 0.236 e. The van der Waals surface area contributed by atoms with E-state index in [1.165, 1.54) is 12.3 Å². The van der Waals surface area contributed by atoms with Crippen molar-refractivity contribution < 1.29 is 18.0 Å². The average Bonchev–Trinajstić information content (AvgIpc) is 2.50. The molecule has 2 rings (SSSR count). The number of allylic oxidation sites excluding steroid dienone is 1. The number of nitrogens with zero attached hydrogens (tertiary/aromatic N) is 1. The fraction of sp³-hybridized carbons (Fsp3) is 0.200. The summed E-state index contributed by atoms with van der Waals surface area (Å²) >= 11 is 0. The van der Waals surface area contributed by atoms with Crippen LogP contribution in [0.25, 0.3) is 6.08 Å². The lowest BCUT2D eigenvalue weighted by Crippen LogP contribution is -2.19. The fourth-order valence-corrected chi connectivity index (χ4v) is 2.56. The van der Waals surface area contributed by atoms with E-state index in [2.05, 4.69) is 0 Å². The molecule has 1 aromatic heterocycles. The molecule has 1 aliphatic carbocycles. The van der Waals surface area contributed by atoms with Gasteiger partial charge >= 0.3 is 0 Å². The van der Waals surface area contributed by atoms with E-state index in [0.29, 0.717) is 5.56 Å². The van der Waals surface area contributed by atoms with Gasteiger partial charge in [-0.2, -0.15) is 0 Å². The zero-order chi connectivity index (χ0) is 12.1. The molecule has 1 aliphatic rings. The molecular formula is C10H9NO4S. The number of carbonyl (C=O) groups is 2. The summed E-state index contributed by atoms with van der Waals surface area (Å²) in [5.41, 5.74) is 0.922. The van der Waals surface area contributed by atoms with E-state index in [9.17, 15) is 18.0 Å². The fourth-order valence-electron chi connectivity index (χ4n) is 1.70. The van der Waals surface area contributed by atoms with Crippen molar-refractivity contribution in [2.45, 2.75) is 6.92 Å². The summed E-state index contributed by atoms with van der Waals surface area (Å²) in [6.45, 7) is 1.60. The number of aromatic nitrogens is 1. The van der Waals surface area contributed by atoms with Crippen molar-refractivity contribution in [3.8, 4) is 0 Å². The first-order valence-corrected chi connectivity index (χ1v) is 6.36. The molecule has 0 aliphatic heterocycles. The second kappa shape index (κ2) is 3.15. The third-order valence-electron chi connectivity index (χ3n) is 2.40. The van der Waals surface area contributed by atoms with Crippen molar-refractivity contribution in [3.05, 3.63) is 29.1 Å². The van der Waals surface area contributed by atoms with Gasteiger partial charge in [0.15, 0.2) is 0 Å². The van der Waals surface area contributed by atoms with Crippen molar-refractivity contribution >= 4 is 27.7 Å². The highest BCUT2D eigenvalue weighted by Gasteiger charge is 2.28. The summed E-state index contributed by atoms with van der Waals surface area (Å²) in [7, 11) is -3.46. The van der Waals surface area contributed by atoms with Crippen LogP contribution in [0.4, 0.5) is 0 Å². The SMILES string of the molecule is Cc1cn(S(C)(=O)=O)c2c1C(=O)C(=O)C=C2. The minimum atomic E-state index is -3.46. The number of hydrogen-bond acceptors (Lipinski definition) is 4. The molecule has 5 nitrogen and oxygen atoms in total. The van der Waals surface area contributed by atoms with E-state index < -0.39 is 21.6 Å². The number of hydrogen-bond donors (Lipinski definition) is 0. The van der Waals surface area contributed by atoms with E-state index in [4.69, 9.17) is 0 Å². The Kier molecular flexibility index (Phi) is 2.13. The lowest BCUT2D eigenvalue weighted by atomic mass is 9.99. The molecule has 0 N–H and O–H groups in total. The van der Waals surface area contributed by atoms with Crippen LogP contribution in [-0.4, -0.2) is 30.2 Å². The normalized spacial score (nSPS) is 15.4. The largest absolute Gasteiger partial charge is 0.286 e. The molecule has 84 valence electrons. The van der Waals surface area contributed by atoms with Gasteiger partial charge in [-0.15, -0.1) is 0 Å². The van der Waals surface area contributed by atoms with Crippen molar-refractivity contribution in [2.75, 3.05) is 6.26 Å². The lowest BCUT2D eigenvalue weighted by molar-refractivity contribution is -0.110. The number of fused-ring (bicyclic) bond motifs is 1. The van der Waals surface area contributed by atoms with Crippen LogP contribution in [0.1, 0.15) is 21.6 Å². The molecule has 0 spiro atoms. The second-order valence-electron chi connectivity index (χ2n) is 3.66. The molecule has 0 atom stereocenters. The van der Waals surface area contributed by atoms with Gasteiger partial charge in [-0.05, 0) is 24.6 Å². The van der Waals surface area contributed by atoms with E-state index in [-0.39, 0.29) is 11.3 Å². The van der Waals surface area contributed by atoms with Gasteiger partial charge in [0.05, 0.1) is 17.5 Å². The Morgan fingerprint density at radius 1 is 1.19 bits per heavy atom. The highest BCUT2D eigenvalue weighted by atomic mass is 32.2. The van der Waals surface area contributed by atoms with Gasteiger partial charge in [0.25, 0.3) is 0 Å². The van der Waals surface area contributed by atoms with Crippen LogP contribution >= 0.6 is 0 Å². The molecule has 0 saturated heterocycles. The van der Waals surface area contributed by atoms with Crippen LogP contribution in [0, 0.1) is 6.92 Å². The van der Waals surface area contributed by atoms with Crippen molar-refractivity contribution in [2.24, 2.45) is 0 Å². The number of rotatable bonds is 1. The molecule has 0 saturated carbocycles. The molecule has 1 aromatic rings. The van der Waals surface area contributed by atoms with Crippen LogP contribution in [0.2, 0.25) is 0 Å². The van der Waals surface area contributed by atoms with E-state index >= 15 is 0 Å². The third-order valence-corrected chi connectivity index (χ3v) is 3.42. The molecule has 0 unspecified atom stereocenters. The van der Waals surface area contributed by atoms with Crippen molar-refractivity contribution in [1.82, 2.24) is 3.97 Å². The summed E-state index contributed by atoms with van der Waals surface area (Å²) in [5.74, 6) is -1.28. The predicted octanol–water partition coefficient (Wildman–Crippen LogP) is 0.383. The Balaban J connectivity index is 2.82. The van der Waals surface area contributed by atoms with Crippen molar-refractivity contribution in [3.63, 3.8) is 0 Å². The maximum absolute atomic E-state index is 11.6. The van der Waals surface area contributed by atoms with Gasteiger partial charge in [-0.3, -0.25) is 9.59 Å². The molecule has 0 bridgehead atoms. The summed E-state index contributed by atoms with van der Waals surface area (Å²) < 4.78 is 23.9. The molecule has 16 heavy (non-hydrogen) atoms. The average molecular weight is 239 g/mol. The molecule has 0 amide bonds. The first kappa shape index (κ1) is 10.8. The number of ketones is 2. The first-order valence-electron chi connectivity index (χ1n) is 4.51. The van der Waals surface area contributed by atoms with Gasteiger partial charge in [0, 0.05) is 6.20 Å². The van der Waals surface area contributed by atoms with E-state index in [0.717, 1.165) is 16.3 Å². The Morgan fingerprint density at radius 2 is 1.81 bits per heavy atom. The zero-order valence-corrected chi connectivity index (χ0v) is 9.54. The van der Waals surface area contributed by atoms with E-state index in [1.807, 2.05) is 0 Å². The minimum Gasteiger partial charge on any atom is -0.286 e. The predicted molar refractivity (Wildman–Crippen MR) is 57.8 cm³/mol. The van der Waals surface area contributed by atoms with Crippen molar-refractivity contribution in [1.29, 1.82) is 0 Å². The maximum Gasteiger partial charge on any atom is 0.236 e. The topological polar surface area (TPSA) is 73.2 Å². The summed E-state index contributed by atoms with van der Waals surface area (Å²) in [6.07, 6.45) is 4.83. The number of aryl methyl sites for hydroxylation is 1. The maximum atomic E-state index is 11.6. The molecule has 0 radical (unpaired) electrons. The lowest BCUT2D eigenvalue weighted by Gasteiger charge is -2.07. The van der Waals surface area contributed by atoms with Gasteiger partial charge in [0.2, 0.25) is 21.6 Å². The first-order chi connectivity index (χ1) is 7.32. The molecule has 0 fully saturated rings. The Bertz CT molecular complexity index is 634. The molecular weight excluding hydrogens is 230 g/mol. The standard InChI is InChI=1S/C10H9NO4S/c1-6-5-11(16(2,14)15)7-3-4-8(12)10(13)9(6)7/h3-5H,1-2H3. The van der Waals surface area contributed by atoms with Crippen LogP contribution in [0.3, 0.4) is 0 Å². The monoisotopic (exact) mass is 239 g/mol. The van der Waals surface area contributed by atoms with Crippen LogP contribution in [-0.2, 0) is 14.8 Å². The van der Waals surface area contributed by atoms with Gasteiger partial charge in [-0.1, -0.05) is 0 Å². The number of carbonyl (C=O) groups excluding carboxylic acids is 2. The zero-order valence-electron chi connectivity index (χ0n) is 8.72. The van der Waals surface area contributed by atoms with Crippen LogP contribution in [0.5, 0.6) is 0 Å². The van der Waals surface area contributed by atoms with Gasteiger partial charge < -0.3 is 0 Å². The molecule has 1 heterocycles. The Labute approximate surface area is 92.4 Å². The quantitative estimate of drug-likeness (QED) is 0.664. The van der Waals surface area contributed by atoms with E-state index in [1.54, 1.807) is 6.92 Å². The van der Waals surface area contributed by atoms with Crippen LogP contribution in [0.15, 0.2) is 12.3 Å². The van der Waals surface area contributed by atoms with Gasteiger partial charge in [0.1, 0.15) is 0 Å². The van der Waals surface area contributed by atoms with Crippen LogP contribution < -0.4 is 0 Å². The summed E-state index contributed by atoms with van der Waals surface area (Å²) in [5, 5.41) is 0. The third kappa shape index (κ3) is 1.42. The van der Waals surface area contributed by atoms with Gasteiger partial charge in [-0.25, -0.2) is 12.4 Å². The highest BCUT2D eigenvalue weighted by molar-refractivity contribution is 7.89. The Hall–Kier alpha value is -1.69. The Morgan fingerprint density at radius 3 is 2.38 bits per heavy atom. The second-order valence-corrected chi connectivity index (χ2v) is 5.52.